The molecular formula is C20H19NO2S. The number of aryl methyl sites for hydroxylation is 1. The number of thioether (sulfide) groups is 1. The molecule has 0 amide bonds. The van der Waals surface area contributed by atoms with Gasteiger partial charge >= 0.3 is 0 Å². The maximum Gasteiger partial charge on any atom is 0.258 e. The first-order valence-corrected chi connectivity index (χ1v) is 8.69. The van der Waals surface area contributed by atoms with Crippen LogP contribution in [0.4, 0.5) is 0 Å². The Kier molecular flexibility index (Phi) is 5.06. The number of rotatable bonds is 5. The lowest BCUT2D eigenvalue weighted by molar-refractivity contribution is 0.406. The van der Waals surface area contributed by atoms with Gasteiger partial charge < -0.3 is 9.30 Å². The molecule has 1 heterocycles. The van der Waals surface area contributed by atoms with Crippen LogP contribution >= 0.6 is 11.8 Å². The number of aromatic nitrogens is 1. The van der Waals surface area contributed by atoms with Crippen LogP contribution in [0.2, 0.25) is 0 Å². The third kappa shape index (κ3) is 3.39. The first kappa shape index (κ1) is 16.4. The summed E-state index contributed by atoms with van der Waals surface area (Å²) in [4.78, 5) is 13.5. The highest BCUT2D eigenvalue weighted by molar-refractivity contribution is 7.98. The number of hydrogen-bond acceptors (Lipinski definition) is 3. The molecule has 3 aromatic rings. The van der Waals surface area contributed by atoms with E-state index in [4.69, 9.17) is 4.74 Å². The van der Waals surface area contributed by atoms with Gasteiger partial charge in [-0.3, -0.25) is 4.79 Å². The lowest BCUT2D eigenvalue weighted by Crippen LogP contribution is -2.17. The van der Waals surface area contributed by atoms with E-state index in [9.17, 15) is 4.79 Å². The van der Waals surface area contributed by atoms with Crippen molar-refractivity contribution < 1.29 is 4.74 Å². The van der Waals surface area contributed by atoms with Crippen LogP contribution in [0.25, 0.3) is 11.1 Å². The summed E-state index contributed by atoms with van der Waals surface area (Å²) in [5.74, 6) is 1.61. The second kappa shape index (κ2) is 7.41. The second-order valence-corrected chi connectivity index (χ2v) is 6.47. The van der Waals surface area contributed by atoms with Gasteiger partial charge in [0.1, 0.15) is 5.75 Å². The van der Waals surface area contributed by atoms with Gasteiger partial charge in [0.25, 0.3) is 5.56 Å². The highest BCUT2D eigenvalue weighted by atomic mass is 32.2. The van der Waals surface area contributed by atoms with Crippen molar-refractivity contribution in [2.24, 2.45) is 7.05 Å². The smallest absolute Gasteiger partial charge is 0.258 e. The van der Waals surface area contributed by atoms with Crippen LogP contribution < -0.4 is 10.3 Å². The van der Waals surface area contributed by atoms with Crippen molar-refractivity contribution in [2.75, 3.05) is 7.11 Å². The molecule has 0 bridgehead atoms. The molecule has 0 N–H and O–H groups in total. The Bertz CT molecular complexity index is 888. The summed E-state index contributed by atoms with van der Waals surface area (Å²) in [6.45, 7) is 0. The van der Waals surface area contributed by atoms with E-state index in [0.717, 1.165) is 22.0 Å². The van der Waals surface area contributed by atoms with Crippen LogP contribution in [0.15, 0.2) is 76.6 Å². The van der Waals surface area contributed by atoms with Crippen LogP contribution in [0.3, 0.4) is 0 Å². The average molecular weight is 337 g/mol. The van der Waals surface area contributed by atoms with E-state index in [1.54, 1.807) is 36.7 Å². The number of methoxy groups -OCH3 is 1. The third-order valence-corrected chi connectivity index (χ3v) is 4.94. The normalized spacial score (nSPS) is 10.6. The molecule has 24 heavy (non-hydrogen) atoms. The Morgan fingerprint density at radius 1 is 0.958 bits per heavy atom. The van der Waals surface area contributed by atoms with Gasteiger partial charge in [0.15, 0.2) is 0 Å². The van der Waals surface area contributed by atoms with Crippen molar-refractivity contribution in [3.05, 3.63) is 82.8 Å². The zero-order valence-electron chi connectivity index (χ0n) is 13.7. The molecule has 4 heteroatoms. The molecule has 0 aliphatic carbocycles. The van der Waals surface area contributed by atoms with E-state index in [2.05, 4.69) is 12.1 Å². The zero-order valence-corrected chi connectivity index (χ0v) is 14.5. The Morgan fingerprint density at radius 3 is 2.46 bits per heavy atom. The molecule has 1 aromatic heterocycles. The monoisotopic (exact) mass is 337 g/mol. The van der Waals surface area contributed by atoms with Crippen molar-refractivity contribution in [1.82, 2.24) is 4.57 Å². The van der Waals surface area contributed by atoms with Crippen LogP contribution in [-0.2, 0) is 12.8 Å². The average Bonchev–Trinajstić information content (AvgIpc) is 2.63. The lowest BCUT2D eigenvalue weighted by Gasteiger charge is -2.13. The van der Waals surface area contributed by atoms with E-state index in [0.29, 0.717) is 5.56 Å². The minimum atomic E-state index is -0.0268. The van der Waals surface area contributed by atoms with Gasteiger partial charge in [-0.05, 0) is 23.8 Å². The van der Waals surface area contributed by atoms with Crippen molar-refractivity contribution in [3.63, 3.8) is 0 Å². The number of pyridine rings is 1. The molecule has 0 fully saturated rings. The van der Waals surface area contributed by atoms with Crippen LogP contribution in [-0.4, -0.2) is 11.7 Å². The van der Waals surface area contributed by atoms with Crippen LogP contribution in [0, 0.1) is 0 Å². The summed E-state index contributed by atoms with van der Waals surface area (Å²) in [5.41, 5.74) is 2.71. The summed E-state index contributed by atoms with van der Waals surface area (Å²) in [5, 5.41) is 0. The Labute approximate surface area is 145 Å². The van der Waals surface area contributed by atoms with Gasteiger partial charge in [0.05, 0.1) is 17.6 Å². The Morgan fingerprint density at radius 2 is 1.71 bits per heavy atom. The summed E-state index contributed by atoms with van der Waals surface area (Å²) in [7, 11) is 3.41. The number of ether oxygens (including phenoxy) is 1. The third-order valence-electron chi connectivity index (χ3n) is 3.83. The minimum absolute atomic E-state index is 0.0268. The van der Waals surface area contributed by atoms with E-state index in [1.165, 1.54) is 5.56 Å². The molecule has 0 aliphatic heterocycles. The number of nitrogens with zero attached hydrogens (tertiary/aromatic N) is 1. The Balaban J connectivity index is 1.97. The molecule has 0 saturated heterocycles. The molecule has 0 spiro atoms. The van der Waals surface area contributed by atoms with Crippen molar-refractivity contribution >= 4 is 11.8 Å². The maximum absolute atomic E-state index is 12.4. The molecule has 3 rings (SSSR count). The highest BCUT2D eigenvalue weighted by Gasteiger charge is 2.14. The summed E-state index contributed by atoms with van der Waals surface area (Å²) in [6.07, 6.45) is 1.76. The first-order valence-electron chi connectivity index (χ1n) is 7.70. The minimum Gasteiger partial charge on any atom is -0.495 e. The highest BCUT2D eigenvalue weighted by Crippen LogP contribution is 2.38. The maximum atomic E-state index is 12.4. The predicted molar refractivity (Wildman–Crippen MR) is 99.7 cm³/mol. The van der Waals surface area contributed by atoms with Gasteiger partial charge in [0, 0.05) is 24.6 Å². The molecule has 0 radical (unpaired) electrons. The molecule has 2 aromatic carbocycles. The van der Waals surface area contributed by atoms with E-state index in [-0.39, 0.29) is 5.56 Å². The first-order chi connectivity index (χ1) is 11.7. The second-order valence-electron chi connectivity index (χ2n) is 5.45. The predicted octanol–water partition coefficient (Wildman–Crippen LogP) is 4.35. The molecule has 0 atom stereocenters. The molecule has 3 nitrogen and oxygen atoms in total. The fourth-order valence-electron chi connectivity index (χ4n) is 2.59. The molecule has 0 aliphatic rings. The lowest BCUT2D eigenvalue weighted by atomic mass is 10.1. The van der Waals surface area contributed by atoms with E-state index in [1.807, 2.05) is 48.5 Å². The van der Waals surface area contributed by atoms with E-state index < -0.39 is 0 Å². The van der Waals surface area contributed by atoms with Crippen LogP contribution in [0.1, 0.15) is 5.56 Å². The molecular weight excluding hydrogens is 318 g/mol. The number of para-hydroxylation sites is 1. The van der Waals surface area contributed by atoms with Crippen molar-refractivity contribution in [3.8, 4) is 16.9 Å². The standard InChI is InChI=1S/C20H19NO2S/c1-21-13-7-11-17(20(21)22)16-10-6-12-18(19(16)23-2)24-14-15-8-4-3-5-9-15/h3-13H,14H2,1-2H3. The fourth-order valence-corrected chi connectivity index (χ4v) is 3.60. The summed E-state index contributed by atoms with van der Waals surface area (Å²) >= 11 is 1.71. The zero-order chi connectivity index (χ0) is 16.9. The summed E-state index contributed by atoms with van der Waals surface area (Å²) in [6, 6.07) is 20.0. The topological polar surface area (TPSA) is 31.2 Å². The largest absolute Gasteiger partial charge is 0.495 e. The SMILES string of the molecule is COc1c(SCc2ccccc2)cccc1-c1cccn(C)c1=O. The number of benzene rings is 2. The van der Waals surface area contributed by atoms with Gasteiger partial charge in [-0.25, -0.2) is 0 Å². The van der Waals surface area contributed by atoms with Gasteiger partial charge in [-0.1, -0.05) is 42.5 Å². The van der Waals surface area contributed by atoms with Gasteiger partial charge in [0.2, 0.25) is 0 Å². The van der Waals surface area contributed by atoms with Crippen LogP contribution in [0.5, 0.6) is 5.75 Å². The fraction of sp³-hybridized carbons (Fsp3) is 0.150. The summed E-state index contributed by atoms with van der Waals surface area (Å²) < 4.78 is 7.23. The Hall–Kier alpha value is -2.46. The van der Waals surface area contributed by atoms with E-state index >= 15 is 0 Å². The quantitative estimate of drug-likeness (QED) is 0.649. The molecule has 122 valence electrons. The number of hydrogen-bond donors (Lipinski definition) is 0. The van der Waals surface area contributed by atoms with Crippen molar-refractivity contribution in [1.29, 1.82) is 0 Å². The van der Waals surface area contributed by atoms with Gasteiger partial charge in [-0.15, -0.1) is 11.8 Å². The van der Waals surface area contributed by atoms with Gasteiger partial charge in [-0.2, -0.15) is 0 Å². The van der Waals surface area contributed by atoms with Crippen molar-refractivity contribution in [2.45, 2.75) is 10.6 Å². The molecule has 0 unspecified atom stereocenters. The molecule has 0 saturated carbocycles.